The molecule has 0 bridgehead atoms. The molecule has 0 aliphatic carbocycles. The second-order valence-corrected chi connectivity index (χ2v) is 8.33. The molecule has 0 saturated heterocycles. The van der Waals surface area contributed by atoms with Gasteiger partial charge in [-0.2, -0.15) is 0 Å². The molecule has 0 N–H and O–H groups in total. The van der Waals surface area contributed by atoms with E-state index in [-0.39, 0.29) is 28.1 Å². The molecule has 0 aliphatic heterocycles. The fraction of sp³-hybridized carbons (Fsp3) is 0.118. The summed E-state index contributed by atoms with van der Waals surface area (Å²) in [7, 11) is -3.52. The number of halogens is 3. The van der Waals surface area contributed by atoms with Gasteiger partial charge in [-0.25, -0.2) is 17.8 Å². The van der Waals surface area contributed by atoms with E-state index >= 15 is 0 Å². The quantitative estimate of drug-likeness (QED) is 0.611. The van der Waals surface area contributed by atoms with E-state index < -0.39 is 15.7 Å². The lowest BCUT2D eigenvalue weighted by atomic mass is 10.2. The molecule has 0 fully saturated rings. The summed E-state index contributed by atoms with van der Waals surface area (Å²) in [6.07, 6.45) is 1.25. The van der Waals surface area contributed by atoms with Crippen LogP contribution in [0.1, 0.15) is 11.3 Å². The largest absolute Gasteiger partial charge is 0.444 e. The summed E-state index contributed by atoms with van der Waals surface area (Å²) in [6, 6.07) is 10.4. The van der Waals surface area contributed by atoms with Crippen molar-refractivity contribution in [3.8, 4) is 11.5 Å². The number of nitrogens with zero attached hydrogens (tertiary/aromatic N) is 1. The summed E-state index contributed by atoms with van der Waals surface area (Å²) >= 11 is 11.8. The molecule has 8 heteroatoms. The highest BCUT2D eigenvalue weighted by atomic mass is 35.5. The summed E-state index contributed by atoms with van der Waals surface area (Å²) in [5.41, 5.74) is 1.13. The first-order valence-electron chi connectivity index (χ1n) is 7.17. The topological polar surface area (TPSA) is 60.2 Å². The maximum Gasteiger partial charge on any atom is 0.226 e. The maximum atomic E-state index is 13.3. The smallest absolute Gasteiger partial charge is 0.226 e. The Labute approximate surface area is 154 Å². The van der Waals surface area contributed by atoms with Crippen LogP contribution in [0.15, 0.2) is 53.1 Å². The molecular formula is C17H12Cl2FNO3S. The molecule has 0 amide bonds. The van der Waals surface area contributed by atoms with Gasteiger partial charge in [-0.05, 0) is 35.9 Å². The van der Waals surface area contributed by atoms with Crippen LogP contribution in [0.25, 0.3) is 11.5 Å². The van der Waals surface area contributed by atoms with Crippen molar-refractivity contribution in [3.63, 3.8) is 0 Å². The molecule has 0 unspecified atom stereocenters. The van der Waals surface area contributed by atoms with E-state index in [1.54, 1.807) is 18.2 Å². The Hall–Kier alpha value is -1.89. The molecule has 0 radical (unpaired) electrons. The highest BCUT2D eigenvalue weighted by Gasteiger charge is 2.18. The number of hydrogen-bond acceptors (Lipinski definition) is 4. The number of oxazole rings is 1. The average molecular weight is 400 g/mol. The summed E-state index contributed by atoms with van der Waals surface area (Å²) in [5.74, 6) is -0.827. The van der Waals surface area contributed by atoms with Gasteiger partial charge in [0.1, 0.15) is 12.1 Å². The van der Waals surface area contributed by atoms with E-state index in [0.717, 1.165) is 0 Å². The molecule has 1 aromatic heterocycles. The maximum absolute atomic E-state index is 13.3. The predicted octanol–water partition coefficient (Wildman–Crippen LogP) is 4.90. The summed E-state index contributed by atoms with van der Waals surface area (Å²) < 4.78 is 43.3. The summed E-state index contributed by atoms with van der Waals surface area (Å²) in [6.45, 7) is 0. The van der Waals surface area contributed by atoms with Crippen LogP contribution in [0.3, 0.4) is 0 Å². The molecule has 4 nitrogen and oxygen atoms in total. The van der Waals surface area contributed by atoms with Gasteiger partial charge in [-0.15, -0.1) is 0 Å². The molecule has 1 heterocycles. The van der Waals surface area contributed by atoms with Gasteiger partial charge in [-0.3, -0.25) is 0 Å². The Morgan fingerprint density at radius 2 is 1.88 bits per heavy atom. The molecule has 0 spiro atoms. The van der Waals surface area contributed by atoms with Crippen molar-refractivity contribution >= 4 is 33.0 Å². The SMILES string of the molecule is O=S(=O)(Cc1coc(-c2cccc(F)c2)n1)Cc1ccc(Cl)cc1Cl. The standard InChI is InChI=1S/C17H12Cl2FNO3S/c18-13-5-4-12(16(19)7-13)9-25(22,23)10-15-8-24-17(21-15)11-2-1-3-14(20)6-11/h1-8H,9-10H2. The van der Waals surface area contributed by atoms with Crippen molar-refractivity contribution < 1.29 is 17.2 Å². The molecule has 0 aliphatic rings. The highest BCUT2D eigenvalue weighted by molar-refractivity contribution is 7.89. The van der Waals surface area contributed by atoms with Crippen LogP contribution < -0.4 is 0 Å². The normalized spacial score (nSPS) is 11.6. The fourth-order valence-electron chi connectivity index (χ4n) is 2.28. The van der Waals surface area contributed by atoms with Crippen LogP contribution in [0.2, 0.25) is 10.0 Å². The molecule has 3 aromatic rings. The van der Waals surface area contributed by atoms with Crippen LogP contribution in [-0.2, 0) is 21.3 Å². The van der Waals surface area contributed by atoms with Gasteiger partial charge in [0, 0.05) is 15.6 Å². The molecule has 25 heavy (non-hydrogen) atoms. The number of hydrogen-bond donors (Lipinski definition) is 0. The van der Waals surface area contributed by atoms with Crippen molar-refractivity contribution in [1.82, 2.24) is 4.98 Å². The highest BCUT2D eigenvalue weighted by Crippen LogP contribution is 2.25. The van der Waals surface area contributed by atoms with Crippen molar-refractivity contribution in [2.75, 3.05) is 0 Å². The number of benzene rings is 2. The monoisotopic (exact) mass is 399 g/mol. The number of sulfone groups is 1. The van der Waals surface area contributed by atoms with E-state index in [2.05, 4.69) is 4.98 Å². The van der Waals surface area contributed by atoms with Crippen molar-refractivity contribution in [1.29, 1.82) is 0 Å². The first kappa shape index (κ1) is 17.9. The first-order valence-corrected chi connectivity index (χ1v) is 9.75. The van der Waals surface area contributed by atoms with Crippen molar-refractivity contribution in [2.45, 2.75) is 11.5 Å². The minimum Gasteiger partial charge on any atom is -0.444 e. The third-order valence-corrected chi connectivity index (χ3v) is 5.46. The zero-order valence-electron chi connectivity index (χ0n) is 12.7. The second kappa shape index (κ2) is 7.15. The zero-order chi connectivity index (χ0) is 18.0. The minimum atomic E-state index is -3.52. The van der Waals surface area contributed by atoms with E-state index in [0.29, 0.717) is 16.1 Å². The molecule has 0 atom stereocenters. The fourth-order valence-corrected chi connectivity index (χ4v) is 4.24. The lowest BCUT2D eigenvalue weighted by Gasteiger charge is -2.05. The third kappa shape index (κ3) is 4.60. The van der Waals surface area contributed by atoms with Crippen LogP contribution >= 0.6 is 23.2 Å². The van der Waals surface area contributed by atoms with Crippen LogP contribution in [-0.4, -0.2) is 13.4 Å². The molecule has 3 rings (SSSR count). The van der Waals surface area contributed by atoms with Crippen molar-refractivity contribution in [3.05, 3.63) is 75.8 Å². The van der Waals surface area contributed by atoms with Gasteiger partial charge in [0.15, 0.2) is 9.84 Å². The van der Waals surface area contributed by atoms with Gasteiger partial charge in [0.05, 0.1) is 17.2 Å². The second-order valence-electron chi connectivity index (χ2n) is 5.42. The predicted molar refractivity (Wildman–Crippen MR) is 94.7 cm³/mol. The molecule has 130 valence electrons. The Bertz CT molecular complexity index is 1020. The zero-order valence-corrected chi connectivity index (χ0v) is 15.1. The van der Waals surface area contributed by atoms with Gasteiger partial charge in [-0.1, -0.05) is 35.3 Å². The Morgan fingerprint density at radius 3 is 2.60 bits per heavy atom. The van der Waals surface area contributed by atoms with E-state index in [1.165, 1.54) is 30.5 Å². The lowest BCUT2D eigenvalue weighted by Crippen LogP contribution is -2.08. The Kier molecular flexibility index (Phi) is 5.13. The number of aromatic nitrogens is 1. The minimum absolute atomic E-state index is 0.161. The van der Waals surface area contributed by atoms with Crippen molar-refractivity contribution in [2.24, 2.45) is 0 Å². The Balaban J connectivity index is 1.77. The van der Waals surface area contributed by atoms with E-state index in [4.69, 9.17) is 27.6 Å². The first-order chi connectivity index (χ1) is 11.8. The van der Waals surface area contributed by atoms with E-state index in [1.807, 2.05) is 0 Å². The number of rotatable bonds is 5. The molecule has 2 aromatic carbocycles. The average Bonchev–Trinajstić information content (AvgIpc) is 2.98. The van der Waals surface area contributed by atoms with Gasteiger partial charge in [0.25, 0.3) is 0 Å². The molecular weight excluding hydrogens is 388 g/mol. The van der Waals surface area contributed by atoms with Gasteiger partial charge >= 0.3 is 0 Å². The van der Waals surface area contributed by atoms with Crippen LogP contribution in [0.4, 0.5) is 4.39 Å². The van der Waals surface area contributed by atoms with Crippen LogP contribution in [0, 0.1) is 5.82 Å². The molecule has 0 saturated carbocycles. The third-order valence-electron chi connectivity index (χ3n) is 3.38. The van der Waals surface area contributed by atoms with Gasteiger partial charge in [0.2, 0.25) is 5.89 Å². The lowest BCUT2D eigenvalue weighted by molar-refractivity contribution is 0.570. The Morgan fingerprint density at radius 1 is 1.08 bits per heavy atom. The summed E-state index contributed by atoms with van der Waals surface area (Å²) in [5, 5.41) is 0.721. The van der Waals surface area contributed by atoms with E-state index in [9.17, 15) is 12.8 Å². The summed E-state index contributed by atoms with van der Waals surface area (Å²) in [4.78, 5) is 4.12. The van der Waals surface area contributed by atoms with Gasteiger partial charge < -0.3 is 4.42 Å². The van der Waals surface area contributed by atoms with Crippen LogP contribution in [0.5, 0.6) is 0 Å².